The van der Waals surface area contributed by atoms with Gasteiger partial charge in [-0.2, -0.15) is 0 Å². The fraction of sp³-hybridized carbons (Fsp3) is 0.500. The zero-order chi connectivity index (χ0) is 12.3. The summed E-state index contributed by atoms with van der Waals surface area (Å²) >= 11 is 0. The van der Waals surface area contributed by atoms with Gasteiger partial charge in [0.15, 0.2) is 9.84 Å². The number of hydrogen-bond donors (Lipinski definition) is 1. The smallest absolute Gasteiger partial charge is 0.156 e. The Morgan fingerprint density at radius 1 is 1.31 bits per heavy atom. The van der Waals surface area contributed by atoms with Crippen molar-refractivity contribution < 1.29 is 8.42 Å². The summed E-state index contributed by atoms with van der Waals surface area (Å²) in [6, 6.07) is 5.70. The number of benzene rings is 1. The van der Waals surface area contributed by atoms with E-state index in [1.165, 1.54) is 0 Å². The molecule has 0 bridgehead atoms. The van der Waals surface area contributed by atoms with E-state index >= 15 is 0 Å². The second-order valence-electron chi connectivity index (χ2n) is 4.32. The summed E-state index contributed by atoms with van der Waals surface area (Å²) < 4.78 is 23.6. The lowest BCUT2D eigenvalue weighted by molar-refractivity contribution is 0.586. The van der Waals surface area contributed by atoms with E-state index in [0.717, 1.165) is 16.7 Å². The van der Waals surface area contributed by atoms with Crippen molar-refractivity contribution in [3.8, 4) is 0 Å². The van der Waals surface area contributed by atoms with Crippen LogP contribution in [0.2, 0.25) is 0 Å². The molecule has 2 N–H and O–H groups in total. The van der Waals surface area contributed by atoms with Crippen molar-refractivity contribution >= 4 is 9.84 Å². The average molecular weight is 241 g/mol. The van der Waals surface area contributed by atoms with Gasteiger partial charge in [-0.1, -0.05) is 18.2 Å². The summed E-state index contributed by atoms with van der Waals surface area (Å²) in [7, 11) is -3.02. The molecule has 1 aromatic carbocycles. The van der Waals surface area contributed by atoms with Gasteiger partial charge >= 0.3 is 0 Å². The molecule has 0 spiro atoms. The average Bonchev–Trinajstić information content (AvgIpc) is 2.20. The van der Waals surface area contributed by atoms with E-state index in [4.69, 9.17) is 5.73 Å². The Morgan fingerprint density at radius 3 is 2.38 bits per heavy atom. The third kappa shape index (κ3) is 3.06. The van der Waals surface area contributed by atoms with Crippen LogP contribution in [0.4, 0.5) is 0 Å². The van der Waals surface area contributed by atoms with Crippen LogP contribution in [0.3, 0.4) is 0 Å². The highest BCUT2D eigenvalue weighted by Gasteiger charge is 2.17. The van der Waals surface area contributed by atoms with E-state index in [0.29, 0.717) is 6.54 Å². The minimum Gasteiger partial charge on any atom is -0.326 e. The number of aryl methyl sites for hydroxylation is 1. The summed E-state index contributed by atoms with van der Waals surface area (Å²) in [5.74, 6) is 0.112. The van der Waals surface area contributed by atoms with Crippen LogP contribution >= 0.6 is 0 Å². The lowest BCUT2D eigenvalue weighted by Gasteiger charge is -2.10. The second kappa shape index (κ2) is 4.97. The van der Waals surface area contributed by atoms with E-state index in [9.17, 15) is 8.42 Å². The molecule has 90 valence electrons. The van der Waals surface area contributed by atoms with Crippen LogP contribution in [-0.2, 0) is 22.1 Å². The maximum absolute atomic E-state index is 11.8. The Labute approximate surface area is 97.6 Å². The molecule has 0 saturated carbocycles. The molecule has 0 fully saturated rings. The zero-order valence-electron chi connectivity index (χ0n) is 10.0. The Balaban J connectivity index is 2.99. The molecule has 0 aliphatic heterocycles. The number of rotatable bonds is 4. The zero-order valence-corrected chi connectivity index (χ0v) is 10.8. The molecule has 0 saturated heterocycles. The van der Waals surface area contributed by atoms with Gasteiger partial charge in [-0.25, -0.2) is 8.42 Å². The maximum atomic E-state index is 11.8. The second-order valence-corrected chi connectivity index (χ2v) is 6.88. The van der Waals surface area contributed by atoms with Crippen molar-refractivity contribution in [2.75, 3.05) is 0 Å². The summed E-state index contributed by atoms with van der Waals surface area (Å²) in [5, 5.41) is -0.332. The van der Waals surface area contributed by atoms with Crippen molar-refractivity contribution in [1.29, 1.82) is 0 Å². The molecule has 0 aromatic heterocycles. The molecule has 0 atom stereocenters. The first-order valence-electron chi connectivity index (χ1n) is 5.37. The van der Waals surface area contributed by atoms with Crippen molar-refractivity contribution in [2.24, 2.45) is 5.73 Å². The standard InChI is InChI=1S/C12H19NO2S/c1-9(2)16(14,15)8-12-5-4-11(7-13)6-10(12)3/h4-6,9H,7-8,13H2,1-3H3. The van der Waals surface area contributed by atoms with E-state index in [2.05, 4.69) is 0 Å². The number of hydrogen-bond acceptors (Lipinski definition) is 3. The molecule has 0 amide bonds. The first-order valence-corrected chi connectivity index (χ1v) is 7.08. The molecular weight excluding hydrogens is 222 g/mol. The van der Waals surface area contributed by atoms with Crippen LogP contribution in [0, 0.1) is 6.92 Å². The van der Waals surface area contributed by atoms with Crippen LogP contribution in [0.1, 0.15) is 30.5 Å². The molecule has 4 heteroatoms. The molecule has 1 rings (SSSR count). The van der Waals surface area contributed by atoms with Crippen LogP contribution in [-0.4, -0.2) is 13.7 Å². The fourth-order valence-electron chi connectivity index (χ4n) is 1.43. The van der Waals surface area contributed by atoms with Crippen LogP contribution in [0.15, 0.2) is 18.2 Å². The molecule has 3 nitrogen and oxygen atoms in total. The summed E-state index contributed by atoms with van der Waals surface area (Å²) in [4.78, 5) is 0. The van der Waals surface area contributed by atoms with Crippen molar-refractivity contribution in [1.82, 2.24) is 0 Å². The van der Waals surface area contributed by atoms with E-state index < -0.39 is 9.84 Å². The predicted octanol–water partition coefficient (Wildman–Crippen LogP) is 1.78. The van der Waals surface area contributed by atoms with Gasteiger partial charge in [-0.3, -0.25) is 0 Å². The van der Waals surface area contributed by atoms with Crippen molar-refractivity contribution in [3.63, 3.8) is 0 Å². The van der Waals surface area contributed by atoms with Crippen molar-refractivity contribution in [2.45, 2.75) is 38.3 Å². The van der Waals surface area contributed by atoms with Gasteiger partial charge in [0, 0.05) is 6.54 Å². The molecule has 0 aliphatic rings. The highest BCUT2D eigenvalue weighted by Crippen LogP contribution is 2.16. The van der Waals surface area contributed by atoms with E-state index in [1.54, 1.807) is 13.8 Å². The molecule has 0 unspecified atom stereocenters. The third-order valence-electron chi connectivity index (χ3n) is 2.72. The van der Waals surface area contributed by atoms with Crippen LogP contribution in [0.25, 0.3) is 0 Å². The van der Waals surface area contributed by atoms with Crippen LogP contribution in [0.5, 0.6) is 0 Å². The SMILES string of the molecule is Cc1cc(CN)ccc1CS(=O)(=O)C(C)C. The van der Waals surface area contributed by atoms with Gasteiger partial charge in [0.05, 0.1) is 11.0 Å². The monoisotopic (exact) mass is 241 g/mol. The normalized spacial score (nSPS) is 12.1. The Bertz CT molecular complexity index is 464. The summed E-state index contributed by atoms with van der Waals surface area (Å²) in [5.41, 5.74) is 8.42. The van der Waals surface area contributed by atoms with Crippen molar-refractivity contribution in [3.05, 3.63) is 34.9 Å². The predicted molar refractivity (Wildman–Crippen MR) is 66.8 cm³/mol. The molecule has 0 aliphatic carbocycles. The van der Waals surface area contributed by atoms with Gasteiger partial charge in [-0.15, -0.1) is 0 Å². The van der Waals surface area contributed by atoms with Gasteiger partial charge in [0.2, 0.25) is 0 Å². The largest absolute Gasteiger partial charge is 0.326 e. The van der Waals surface area contributed by atoms with Gasteiger partial charge in [0.25, 0.3) is 0 Å². The van der Waals surface area contributed by atoms with E-state index in [1.807, 2.05) is 25.1 Å². The lowest BCUT2D eigenvalue weighted by atomic mass is 10.1. The molecule has 16 heavy (non-hydrogen) atoms. The maximum Gasteiger partial charge on any atom is 0.156 e. The Morgan fingerprint density at radius 2 is 1.94 bits per heavy atom. The molecule has 0 radical (unpaired) electrons. The quantitative estimate of drug-likeness (QED) is 0.874. The summed E-state index contributed by atoms with van der Waals surface area (Å²) in [6.45, 7) is 5.82. The molecule has 1 aromatic rings. The number of sulfone groups is 1. The molecular formula is C12H19NO2S. The van der Waals surface area contributed by atoms with Gasteiger partial charge in [-0.05, 0) is 37.5 Å². The minimum atomic E-state index is -3.02. The number of nitrogens with two attached hydrogens (primary N) is 1. The lowest BCUT2D eigenvalue weighted by Crippen LogP contribution is -2.16. The van der Waals surface area contributed by atoms with E-state index in [-0.39, 0.29) is 11.0 Å². The Hall–Kier alpha value is -0.870. The van der Waals surface area contributed by atoms with Gasteiger partial charge in [0.1, 0.15) is 0 Å². The molecule has 0 heterocycles. The highest BCUT2D eigenvalue weighted by atomic mass is 32.2. The fourth-order valence-corrected chi connectivity index (χ4v) is 2.52. The van der Waals surface area contributed by atoms with Gasteiger partial charge < -0.3 is 5.73 Å². The summed E-state index contributed by atoms with van der Waals surface area (Å²) in [6.07, 6.45) is 0. The third-order valence-corrected chi connectivity index (χ3v) is 4.87. The first kappa shape index (κ1) is 13.2. The Kier molecular flexibility index (Phi) is 4.10. The first-order chi connectivity index (χ1) is 7.36. The highest BCUT2D eigenvalue weighted by molar-refractivity contribution is 7.91. The minimum absolute atomic E-state index is 0.112. The topological polar surface area (TPSA) is 60.2 Å². The van der Waals surface area contributed by atoms with Crippen LogP contribution < -0.4 is 5.73 Å².